The molecular weight excluding hydrogens is 296 g/mol. The molecule has 0 radical (unpaired) electrons. The number of nitrogens with zero attached hydrogens (tertiary/aromatic N) is 4. The minimum Gasteiger partial charge on any atom is -0.423 e. The van der Waals surface area contributed by atoms with Gasteiger partial charge in [-0.1, -0.05) is 12.1 Å². The van der Waals surface area contributed by atoms with Crippen molar-refractivity contribution < 1.29 is 9.53 Å². The number of azo groups is 1. The Balaban J connectivity index is 2.20. The molecule has 1 aromatic heterocycles. The van der Waals surface area contributed by atoms with Gasteiger partial charge in [0, 0.05) is 0 Å². The third-order valence-corrected chi connectivity index (χ3v) is 2.72. The van der Waals surface area contributed by atoms with Gasteiger partial charge in [-0.2, -0.15) is 0 Å². The third-order valence-electron chi connectivity index (χ3n) is 2.72. The van der Waals surface area contributed by atoms with Gasteiger partial charge >= 0.3 is 5.97 Å². The number of nitrogen functional groups attached to an aromatic ring is 2. The summed E-state index contributed by atoms with van der Waals surface area (Å²) < 4.78 is 5.29. The molecule has 2 aromatic rings. The summed E-state index contributed by atoms with van der Waals surface area (Å²) in [6, 6.07) is 10.0. The smallest absolute Gasteiger partial charge is 0.325 e. The number of para-hydroxylation sites is 1. The van der Waals surface area contributed by atoms with Crippen molar-refractivity contribution in [1.82, 2.24) is 9.88 Å². The van der Waals surface area contributed by atoms with Crippen molar-refractivity contribution in [3.63, 3.8) is 0 Å². The largest absolute Gasteiger partial charge is 0.423 e. The van der Waals surface area contributed by atoms with Crippen LogP contribution in [0.2, 0.25) is 0 Å². The molecule has 0 fully saturated rings. The van der Waals surface area contributed by atoms with E-state index in [0.29, 0.717) is 22.9 Å². The highest BCUT2D eigenvalue weighted by Gasteiger charge is 2.10. The van der Waals surface area contributed by atoms with Gasteiger partial charge < -0.3 is 16.2 Å². The first-order valence-corrected chi connectivity index (χ1v) is 6.84. The van der Waals surface area contributed by atoms with Gasteiger partial charge in [0.15, 0.2) is 11.6 Å². The summed E-state index contributed by atoms with van der Waals surface area (Å²) in [5.41, 5.74) is 12.0. The topological polar surface area (TPSA) is 119 Å². The van der Waals surface area contributed by atoms with Gasteiger partial charge in [-0.3, -0.25) is 9.69 Å². The van der Waals surface area contributed by atoms with Gasteiger partial charge in [-0.15, -0.1) is 10.2 Å². The number of benzene rings is 1. The molecule has 4 N–H and O–H groups in total. The van der Waals surface area contributed by atoms with Crippen LogP contribution in [0.5, 0.6) is 5.75 Å². The van der Waals surface area contributed by atoms with E-state index in [2.05, 4.69) is 15.2 Å². The lowest BCUT2D eigenvalue weighted by atomic mass is 10.3. The van der Waals surface area contributed by atoms with Crippen LogP contribution in [0.25, 0.3) is 0 Å². The third kappa shape index (κ3) is 4.75. The zero-order valence-electron chi connectivity index (χ0n) is 12.9. The van der Waals surface area contributed by atoms with Crippen LogP contribution < -0.4 is 16.2 Å². The lowest BCUT2D eigenvalue weighted by Crippen LogP contribution is -2.25. The average Bonchev–Trinajstić information content (AvgIpc) is 2.47. The maximum Gasteiger partial charge on any atom is 0.325 e. The fraction of sp³-hybridized carbons (Fsp3) is 0.200. The monoisotopic (exact) mass is 314 g/mol. The number of carbonyl (C=O) groups excluding carboxylic acids is 1. The van der Waals surface area contributed by atoms with E-state index >= 15 is 0 Å². The predicted octanol–water partition coefficient (Wildman–Crippen LogP) is 2.13. The van der Waals surface area contributed by atoms with Crippen molar-refractivity contribution in [2.24, 2.45) is 10.2 Å². The standard InChI is InChI=1S/C15H18N6O2/c1-21(2)9-14(22)23-12-6-4-3-5-10(12)19-20-11-7-8-13(16)18-15(11)17/h3-8H,9H2,1-2H3,(H4,16,17,18). The number of carbonyl (C=O) groups is 1. The molecule has 0 amide bonds. The number of hydrogen-bond donors (Lipinski definition) is 2. The fourth-order valence-corrected chi connectivity index (χ4v) is 1.71. The van der Waals surface area contributed by atoms with E-state index < -0.39 is 0 Å². The summed E-state index contributed by atoms with van der Waals surface area (Å²) in [5, 5.41) is 8.10. The van der Waals surface area contributed by atoms with Crippen LogP contribution in [0.1, 0.15) is 0 Å². The van der Waals surface area contributed by atoms with E-state index in [9.17, 15) is 4.79 Å². The molecule has 0 spiro atoms. The molecule has 0 atom stereocenters. The Morgan fingerprint density at radius 3 is 2.52 bits per heavy atom. The number of ether oxygens (including phenoxy) is 1. The molecule has 8 nitrogen and oxygen atoms in total. The van der Waals surface area contributed by atoms with E-state index in [1.807, 2.05) is 0 Å². The number of esters is 1. The first kappa shape index (κ1) is 16.4. The molecule has 1 heterocycles. The molecule has 23 heavy (non-hydrogen) atoms. The Labute approximate surface area is 133 Å². The molecule has 0 saturated heterocycles. The summed E-state index contributed by atoms with van der Waals surface area (Å²) >= 11 is 0. The minimum absolute atomic E-state index is 0.167. The zero-order valence-corrected chi connectivity index (χ0v) is 12.9. The Morgan fingerprint density at radius 2 is 1.83 bits per heavy atom. The van der Waals surface area contributed by atoms with Gasteiger partial charge in [0.05, 0.1) is 6.54 Å². The first-order chi connectivity index (χ1) is 11.0. The lowest BCUT2D eigenvalue weighted by molar-refractivity contribution is -0.135. The fourth-order valence-electron chi connectivity index (χ4n) is 1.71. The second-order valence-corrected chi connectivity index (χ2v) is 5.02. The van der Waals surface area contributed by atoms with E-state index in [0.717, 1.165) is 0 Å². The summed E-state index contributed by atoms with van der Waals surface area (Å²) in [5.74, 6) is 0.423. The average molecular weight is 314 g/mol. The number of hydrogen-bond acceptors (Lipinski definition) is 8. The van der Waals surface area contributed by atoms with Gasteiger partial charge in [0.25, 0.3) is 0 Å². The Bertz CT molecular complexity index is 730. The van der Waals surface area contributed by atoms with Gasteiger partial charge in [-0.25, -0.2) is 4.98 Å². The number of nitrogens with two attached hydrogens (primary N) is 2. The van der Waals surface area contributed by atoms with Crippen LogP contribution in [0.4, 0.5) is 23.0 Å². The molecule has 0 saturated carbocycles. The summed E-state index contributed by atoms with van der Waals surface area (Å²) in [6.45, 7) is 0.167. The molecule has 2 rings (SSSR count). The predicted molar refractivity (Wildman–Crippen MR) is 87.9 cm³/mol. The van der Waals surface area contributed by atoms with Crippen LogP contribution in [0.15, 0.2) is 46.6 Å². The highest BCUT2D eigenvalue weighted by atomic mass is 16.5. The van der Waals surface area contributed by atoms with E-state index in [-0.39, 0.29) is 18.3 Å². The Kier molecular flexibility index (Phi) is 5.21. The quantitative estimate of drug-likeness (QED) is 0.495. The van der Waals surface area contributed by atoms with Gasteiger partial charge in [0.2, 0.25) is 0 Å². The number of rotatable bonds is 5. The molecule has 120 valence electrons. The van der Waals surface area contributed by atoms with Crippen LogP contribution in [-0.2, 0) is 4.79 Å². The highest BCUT2D eigenvalue weighted by Crippen LogP contribution is 2.30. The molecule has 0 bridgehead atoms. The van der Waals surface area contributed by atoms with E-state index in [1.165, 1.54) is 0 Å². The molecule has 0 aliphatic heterocycles. The Morgan fingerprint density at radius 1 is 1.13 bits per heavy atom. The van der Waals surface area contributed by atoms with Crippen molar-refractivity contribution in [2.45, 2.75) is 0 Å². The summed E-state index contributed by atoms with van der Waals surface area (Å²) in [4.78, 5) is 17.4. The molecule has 8 heteroatoms. The van der Waals surface area contributed by atoms with Gasteiger partial charge in [0.1, 0.15) is 17.2 Å². The SMILES string of the molecule is CN(C)CC(=O)Oc1ccccc1N=Nc1ccc(N)nc1N. The van der Waals surface area contributed by atoms with Crippen LogP contribution in [-0.4, -0.2) is 36.5 Å². The molecule has 0 aliphatic rings. The molecule has 1 aromatic carbocycles. The maximum atomic E-state index is 11.8. The number of likely N-dealkylation sites (N-methyl/N-ethyl adjacent to an activating group) is 1. The lowest BCUT2D eigenvalue weighted by Gasteiger charge is -2.10. The van der Waals surface area contributed by atoms with Crippen LogP contribution >= 0.6 is 0 Å². The summed E-state index contributed by atoms with van der Waals surface area (Å²) in [6.07, 6.45) is 0. The number of pyridine rings is 1. The van der Waals surface area contributed by atoms with Gasteiger partial charge in [-0.05, 0) is 38.4 Å². The van der Waals surface area contributed by atoms with E-state index in [4.69, 9.17) is 16.2 Å². The molecule has 0 aliphatic carbocycles. The normalized spacial score (nSPS) is 11.1. The van der Waals surface area contributed by atoms with Crippen molar-refractivity contribution in [1.29, 1.82) is 0 Å². The second kappa shape index (κ2) is 7.32. The van der Waals surface area contributed by atoms with Crippen molar-refractivity contribution >= 4 is 29.0 Å². The number of aromatic nitrogens is 1. The zero-order chi connectivity index (χ0) is 16.8. The van der Waals surface area contributed by atoms with Crippen molar-refractivity contribution in [3.8, 4) is 5.75 Å². The Hall–Kier alpha value is -3.00. The van der Waals surface area contributed by atoms with Crippen LogP contribution in [0, 0.1) is 0 Å². The highest BCUT2D eigenvalue weighted by molar-refractivity contribution is 5.76. The first-order valence-electron chi connectivity index (χ1n) is 6.84. The second-order valence-electron chi connectivity index (χ2n) is 5.02. The van der Waals surface area contributed by atoms with E-state index in [1.54, 1.807) is 55.4 Å². The minimum atomic E-state index is -0.383. The molecule has 0 unspecified atom stereocenters. The van der Waals surface area contributed by atoms with Crippen molar-refractivity contribution in [3.05, 3.63) is 36.4 Å². The molecular formula is C15H18N6O2. The van der Waals surface area contributed by atoms with Crippen molar-refractivity contribution in [2.75, 3.05) is 32.1 Å². The van der Waals surface area contributed by atoms with Crippen LogP contribution in [0.3, 0.4) is 0 Å². The number of anilines is 2. The summed E-state index contributed by atoms with van der Waals surface area (Å²) in [7, 11) is 3.56. The maximum absolute atomic E-state index is 11.8.